The van der Waals surface area contributed by atoms with E-state index in [1.165, 1.54) is 5.56 Å². The maximum absolute atomic E-state index is 5.92. The van der Waals surface area contributed by atoms with Crippen molar-refractivity contribution in [1.29, 1.82) is 0 Å². The third-order valence-electron chi connectivity index (χ3n) is 3.88. The lowest BCUT2D eigenvalue weighted by Gasteiger charge is -2.15. The van der Waals surface area contributed by atoms with E-state index in [1.54, 1.807) is 13.4 Å². The minimum absolute atomic E-state index is 0.130. The third kappa shape index (κ3) is 3.61. The standard InChI is InChI=1S/C16H22N6O/c1-3-22-11-20-21-15(22)10-19-16(17-2)18-9-13-8-12-6-4-5-7-14(12)23-13/h4-7,11,13H,3,8-10H2,1-2H3,(H2,17,18,19). The number of nitrogens with one attached hydrogen (secondary N) is 2. The molecule has 7 nitrogen and oxygen atoms in total. The first-order valence-electron chi connectivity index (χ1n) is 7.86. The largest absolute Gasteiger partial charge is 0.488 e. The monoisotopic (exact) mass is 314 g/mol. The van der Waals surface area contributed by atoms with Crippen LogP contribution in [0, 0.1) is 0 Å². The van der Waals surface area contributed by atoms with Crippen molar-refractivity contribution in [2.24, 2.45) is 4.99 Å². The number of fused-ring (bicyclic) bond motifs is 1. The quantitative estimate of drug-likeness (QED) is 0.635. The molecule has 0 amide bonds. The van der Waals surface area contributed by atoms with Crippen LogP contribution in [0.2, 0.25) is 0 Å². The van der Waals surface area contributed by atoms with Crippen molar-refractivity contribution in [3.05, 3.63) is 42.0 Å². The van der Waals surface area contributed by atoms with Crippen LogP contribution in [-0.2, 0) is 19.5 Å². The SMILES string of the molecule is CCn1cnnc1CNC(=NC)NCC1Cc2ccccc2O1. The summed E-state index contributed by atoms with van der Waals surface area (Å²) in [6.45, 7) is 4.20. The predicted octanol–water partition coefficient (Wildman–Crippen LogP) is 0.967. The molecule has 0 fully saturated rings. The van der Waals surface area contributed by atoms with Gasteiger partial charge in [0.1, 0.15) is 18.2 Å². The van der Waals surface area contributed by atoms with Gasteiger partial charge in [-0.25, -0.2) is 0 Å². The minimum atomic E-state index is 0.130. The second kappa shape index (κ2) is 7.13. The summed E-state index contributed by atoms with van der Waals surface area (Å²) >= 11 is 0. The van der Waals surface area contributed by atoms with Gasteiger partial charge < -0.3 is 19.9 Å². The van der Waals surface area contributed by atoms with Crippen LogP contribution in [0.25, 0.3) is 0 Å². The van der Waals surface area contributed by atoms with Gasteiger partial charge in [0.05, 0.1) is 13.1 Å². The number of para-hydroxylation sites is 1. The number of nitrogens with zero attached hydrogens (tertiary/aromatic N) is 4. The van der Waals surface area contributed by atoms with Gasteiger partial charge in [0.25, 0.3) is 0 Å². The van der Waals surface area contributed by atoms with Gasteiger partial charge in [0.2, 0.25) is 0 Å². The number of rotatable bonds is 5. The van der Waals surface area contributed by atoms with Crippen molar-refractivity contribution in [1.82, 2.24) is 25.4 Å². The number of guanidine groups is 1. The highest BCUT2D eigenvalue weighted by atomic mass is 16.5. The molecule has 2 heterocycles. The van der Waals surface area contributed by atoms with E-state index in [9.17, 15) is 0 Å². The summed E-state index contributed by atoms with van der Waals surface area (Å²) in [6.07, 6.45) is 2.78. The van der Waals surface area contributed by atoms with Crippen LogP contribution in [0.3, 0.4) is 0 Å². The average molecular weight is 314 g/mol. The van der Waals surface area contributed by atoms with E-state index < -0.39 is 0 Å². The lowest BCUT2D eigenvalue weighted by Crippen LogP contribution is -2.42. The molecule has 2 aromatic rings. The summed E-state index contributed by atoms with van der Waals surface area (Å²) in [6, 6.07) is 8.17. The zero-order valence-electron chi connectivity index (χ0n) is 13.5. The van der Waals surface area contributed by atoms with E-state index in [-0.39, 0.29) is 6.10 Å². The molecule has 0 saturated carbocycles. The fourth-order valence-electron chi connectivity index (χ4n) is 2.64. The van der Waals surface area contributed by atoms with Crippen molar-refractivity contribution in [2.75, 3.05) is 13.6 Å². The van der Waals surface area contributed by atoms with Crippen LogP contribution >= 0.6 is 0 Å². The van der Waals surface area contributed by atoms with Gasteiger partial charge in [-0.1, -0.05) is 18.2 Å². The van der Waals surface area contributed by atoms with Gasteiger partial charge >= 0.3 is 0 Å². The molecule has 0 saturated heterocycles. The second-order valence-electron chi connectivity index (χ2n) is 5.39. The van der Waals surface area contributed by atoms with E-state index in [0.29, 0.717) is 13.1 Å². The fourth-order valence-corrected chi connectivity index (χ4v) is 2.64. The summed E-state index contributed by atoms with van der Waals surface area (Å²) in [5.41, 5.74) is 1.26. The number of hydrogen-bond acceptors (Lipinski definition) is 4. The van der Waals surface area contributed by atoms with Gasteiger partial charge in [-0.15, -0.1) is 10.2 Å². The lowest BCUT2D eigenvalue weighted by molar-refractivity contribution is 0.235. The van der Waals surface area contributed by atoms with Crippen molar-refractivity contribution in [2.45, 2.75) is 32.5 Å². The summed E-state index contributed by atoms with van der Waals surface area (Å²) < 4.78 is 7.91. The first kappa shape index (κ1) is 15.3. The maximum Gasteiger partial charge on any atom is 0.191 e. The molecule has 0 aliphatic carbocycles. The van der Waals surface area contributed by atoms with Crippen LogP contribution in [0.15, 0.2) is 35.6 Å². The molecular formula is C16H22N6O. The molecule has 1 aliphatic rings. The molecular weight excluding hydrogens is 292 g/mol. The van der Waals surface area contributed by atoms with E-state index in [2.05, 4.69) is 38.8 Å². The molecule has 2 N–H and O–H groups in total. The Hall–Kier alpha value is -2.57. The third-order valence-corrected chi connectivity index (χ3v) is 3.88. The molecule has 0 spiro atoms. The van der Waals surface area contributed by atoms with Crippen molar-refractivity contribution < 1.29 is 4.74 Å². The predicted molar refractivity (Wildman–Crippen MR) is 88.5 cm³/mol. The summed E-state index contributed by atoms with van der Waals surface area (Å²) in [5.74, 6) is 2.61. The highest BCUT2D eigenvalue weighted by molar-refractivity contribution is 5.79. The Morgan fingerprint density at radius 1 is 1.39 bits per heavy atom. The van der Waals surface area contributed by atoms with E-state index in [0.717, 1.165) is 30.5 Å². The topological polar surface area (TPSA) is 76.4 Å². The molecule has 23 heavy (non-hydrogen) atoms. The highest BCUT2D eigenvalue weighted by Gasteiger charge is 2.22. The number of aliphatic imine (C=N–C) groups is 1. The molecule has 1 aliphatic heterocycles. The zero-order chi connectivity index (χ0) is 16.1. The number of benzene rings is 1. The Kier molecular flexibility index (Phi) is 4.75. The van der Waals surface area contributed by atoms with Crippen LogP contribution in [0.5, 0.6) is 5.75 Å². The minimum Gasteiger partial charge on any atom is -0.488 e. The molecule has 1 unspecified atom stereocenters. The molecule has 0 radical (unpaired) electrons. The smallest absolute Gasteiger partial charge is 0.191 e. The zero-order valence-corrected chi connectivity index (χ0v) is 13.5. The second-order valence-corrected chi connectivity index (χ2v) is 5.39. The molecule has 1 aromatic heterocycles. The number of aryl methyl sites for hydroxylation is 1. The van der Waals surface area contributed by atoms with Gasteiger partial charge in [-0.2, -0.15) is 0 Å². The van der Waals surface area contributed by atoms with Crippen LogP contribution in [-0.4, -0.2) is 40.4 Å². The number of ether oxygens (including phenoxy) is 1. The highest BCUT2D eigenvalue weighted by Crippen LogP contribution is 2.27. The number of hydrogen-bond donors (Lipinski definition) is 2. The Labute approximate surface area is 135 Å². The normalized spacial score (nSPS) is 16.8. The van der Waals surface area contributed by atoms with Crippen LogP contribution < -0.4 is 15.4 Å². The van der Waals surface area contributed by atoms with Crippen molar-refractivity contribution >= 4 is 5.96 Å². The Bertz CT molecular complexity index is 656. The first-order chi connectivity index (χ1) is 11.3. The Morgan fingerprint density at radius 3 is 3.04 bits per heavy atom. The van der Waals surface area contributed by atoms with Crippen LogP contribution in [0.4, 0.5) is 0 Å². The van der Waals surface area contributed by atoms with Gasteiger partial charge in [0, 0.05) is 20.0 Å². The Balaban J connectivity index is 1.48. The lowest BCUT2D eigenvalue weighted by atomic mass is 10.1. The van der Waals surface area contributed by atoms with Gasteiger partial charge in [-0.3, -0.25) is 4.99 Å². The molecule has 1 atom stereocenters. The molecule has 1 aromatic carbocycles. The average Bonchev–Trinajstić information content (AvgIpc) is 3.20. The molecule has 7 heteroatoms. The number of aromatic nitrogens is 3. The molecule has 3 rings (SSSR count). The van der Waals surface area contributed by atoms with Crippen molar-refractivity contribution in [3.8, 4) is 5.75 Å². The maximum atomic E-state index is 5.92. The van der Waals surface area contributed by atoms with Crippen molar-refractivity contribution in [3.63, 3.8) is 0 Å². The van der Waals surface area contributed by atoms with Gasteiger partial charge in [0.15, 0.2) is 11.8 Å². The van der Waals surface area contributed by atoms with Crippen LogP contribution in [0.1, 0.15) is 18.3 Å². The molecule has 122 valence electrons. The molecule has 0 bridgehead atoms. The van der Waals surface area contributed by atoms with E-state index in [1.807, 2.05) is 22.8 Å². The summed E-state index contributed by atoms with van der Waals surface area (Å²) in [7, 11) is 1.75. The summed E-state index contributed by atoms with van der Waals surface area (Å²) in [4.78, 5) is 4.23. The van der Waals surface area contributed by atoms with E-state index in [4.69, 9.17) is 4.74 Å². The summed E-state index contributed by atoms with van der Waals surface area (Å²) in [5, 5.41) is 14.6. The fraction of sp³-hybridized carbons (Fsp3) is 0.438. The first-order valence-corrected chi connectivity index (χ1v) is 7.86. The van der Waals surface area contributed by atoms with Gasteiger partial charge in [-0.05, 0) is 18.6 Å². The van der Waals surface area contributed by atoms with E-state index >= 15 is 0 Å². The Morgan fingerprint density at radius 2 is 2.26 bits per heavy atom.